The van der Waals surface area contributed by atoms with Gasteiger partial charge in [-0.15, -0.1) is 0 Å². The molecule has 202 valence electrons. The van der Waals surface area contributed by atoms with Crippen molar-refractivity contribution in [3.63, 3.8) is 0 Å². The maximum Gasteiger partial charge on any atom is 0.244 e. The van der Waals surface area contributed by atoms with Gasteiger partial charge in [0.05, 0.1) is 15.1 Å². The molecule has 6 nitrogen and oxygen atoms in total. The molecule has 2 aromatic carbocycles. The highest BCUT2D eigenvalue weighted by Gasteiger charge is 2.28. The van der Waals surface area contributed by atoms with Crippen molar-refractivity contribution in [2.75, 3.05) is 26.2 Å². The van der Waals surface area contributed by atoms with Crippen LogP contribution in [0.5, 0.6) is 5.75 Å². The number of halogens is 4. The van der Waals surface area contributed by atoms with Gasteiger partial charge in [-0.1, -0.05) is 72.4 Å². The second-order valence-corrected chi connectivity index (χ2v) is 12.7. The summed E-state index contributed by atoms with van der Waals surface area (Å²) < 4.78 is 33.3. The zero-order chi connectivity index (χ0) is 27.1. The Balaban J connectivity index is 2.02. The number of hydrogen-bond donors (Lipinski definition) is 2. The highest BCUT2D eigenvalue weighted by molar-refractivity contribution is 7.89. The third-order valence-corrected chi connectivity index (χ3v) is 9.26. The Bertz CT molecular complexity index is 1120. The first-order valence-electron chi connectivity index (χ1n) is 11.8. The number of aliphatic hydroxyl groups excluding tert-OH is 1. The minimum absolute atomic E-state index is 0.0122. The van der Waals surface area contributed by atoms with Gasteiger partial charge in [0.15, 0.2) is 0 Å². The van der Waals surface area contributed by atoms with E-state index in [1.54, 1.807) is 6.07 Å². The molecule has 0 amide bonds. The molecule has 0 aliphatic rings. The van der Waals surface area contributed by atoms with Gasteiger partial charge in [-0.2, -0.15) is 4.31 Å². The van der Waals surface area contributed by atoms with Crippen LogP contribution in [0, 0.1) is 0 Å². The monoisotopic (exact) mass is 598 g/mol. The van der Waals surface area contributed by atoms with Crippen LogP contribution in [-0.2, 0) is 16.4 Å². The van der Waals surface area contributed by atoms with Crippen molar-refractivity contribution in [2.45, 2.75) is 63.5 Å². The molecule has 2 aromatic rings. The predicted octanol–water partition coefficient (Wildman–Crippen LogP) is 6.46. The lowest BCUT2D eigenvalue weighted by Crippen LogP contribution is -2.46. The van der Waals surface area contributed by atoms with Gasteiger partial charge in [0.1, 0.15) is 28.4 Å². The molecule has 0 saturated heterocycles. The third-order valence-electron chi connectivity index (χ3n) is 5.49. The van der Waals surface area contributed by atoms with Gasteiger partial charge in [0.25, 0.3) is 0 Å². The van der Waals surface area contributed by atoms with E-state index in [4.69, 9.17) is 51.1 Å². The van der Waals surface area contributed by atoms with Crippen LogP contribution in [0.2, 0.25) is 20.1 Å². The number of sulfonamides is 1. The molecule has 0 aliphatic heterocycles. The number of nitrogens with one attached hydrogen (secondary N) is 1. The molecular formula is C25H34Cl4N2O4S. The number of β-amino-alcohol motifs (C(OH)–C–C–N with tert-alkyl or cyclic N) is 1. The summed E-state index contributed by atoms with van der Waals surface area (Å²) in [6.07, 6.45) is 1.10. The van der Waals surface area contributed by atoms with Gasteiger partial charge in [0.2, 0.25) is 10.0 Å². The van der Waals surface area contributed by atoms with Crippen molar-refractivity contribution < 1.29 is 18.3 Å². The average Bonchev–Trinajstić information content (AvgIpc) is 2.81. The van der Waals surface area contributed by atoms with Gasteiger partial charge in [-0.05, 0) is 56.9 Å². The summed E-state index contributed by atoms with van der Waals surface area (Å²) >= 11 is 25.1. The van der Waals surface area contributed by atoms with Crippen LogP contribution < -0.4 is 10.1 Å². The van der Waals surface area contributed by atoms with Gasteiger partial charge in [-0.3, -0.25) is 0 Å². The zero-order valence-corrected chi connectivity index (χ0v) is 24.8. The third kappa shape index (κ3) is 8.37. The fourth-order valence-electron chi connectivity index (χ4n) is 3.68. The van der Waals surface area contributed by atoms with E-state index in [0.29, 0.717) is 42.4 Å². The van der Waals surface area contributed by atoms with Gasteiger partial charge < -0.3 is 15.2 Å². The smallest absolute Gasteiger partial charge is 0.244 e. The van der Waals surface area contributed by atoms with Crippen molar-refractivity contribution in [1.29, 1.82) is 0 Å². The molecule has 0 unspecified atom stereocenters. The molecule has 0 radical (unpaired) electrons. The Labute approximate surface area is 234 Å². The normalized spacial score (nSPS) is 13.3. The molecule has 2 N–H and O–H groups in total. The predicted molar refractivity (Wildman–Crippen MR) is 150 cm³/mol. The molecule has 36 heavy (non-hydrogen) atoms. The molecule has 2 rings (SSSR count). The van der Waals surface area contributed by atoms with Crippen LogP contribution in [0.4, 0.5) is 0 Å². The Morgan fingerprint density at radius 2 is 1.64 bits per heavy atom. The molecule has 0 aromatic heterocycles. The number of benzene rings is 2. The van der Waals surface area contributed by atoms with E-state index in [1.807, 2.05) is 39.8 Å². The second-order valence-electron chi connectivity index (χ2n) is 9.21. The maximum atomic E-state index is 13.1. The Morgan fingerprint density at radius 3 is 2.25 bits per heavy atom. The largest absolute Gasteiger partial charge is 0.489 e. The first-order chi connectivity index (χ1) is 16.8. The lowest BCUT2D eigenvalue weighted by atomic mass is 9.94. The van der Waals surface area contributed by atoms with E-state index in [0.717, 1.165) is 5.56 Å². The average molecular weight is 600 g/mol. The summed E-state index contributed by atoms with van der Waals surface area (Å²) in [7, 11) is -3.80. The molecule has 0 spiro atoms. The summed E-state index contributed by atoms with van der Waals surface area (Å²) in [6, 6.07) is 8.35. The van der Waals surface area contributed by atoms with E-state index in [9.17, 15) is 13.5 Å². The second kappa shape index (κ2) is 13.9. The van der Waals surface area contributed by atoms with E-state index >= 15 is 0 Å². The molecule has 0 saturated carbocycles. The highest BCUT2D eigenvalue weighted by Crippen LogP contribution is 2.38. The van der Waals surface area contributed by atoms with Crippen LogP contribution in [0.3, 0.4) is 0 Å². The van der Waals surface area contributed by atoms with Crippen LogP contribution in [0.25, 0.3) is 0 Å². The standard InChI is InChI=1S/C25H34Cl4N2O4S/c1-5-12-31(13-6-2)36(33,34)21-11-10-20(23(28)24(21)29)35-16-18(32)15-30-25(3,4)14-17-8-7-9-19(26)22(17)27/h7-11,18,30,32H,5-6,12-16H2,1-4H3/t18-/m1/s1. The van der Waals surface area contributed by atoms with Crippen LogP contribution in [0.1, 0.15) is 46.1 Å². The molecule has 0 aliphatic carbocycles. The maximum absolute atomic E-state index is 13.1. The van der Waals surface area contributed by atoms with E-state index in [1.165, 1.54) is 16.4 Å². The highest BCUT2D eigenvalue weighted by atomic mass is 35.5. The topological polar surface area (TPSA) is 78.9 Å². The van der Waals surface area contributed by atoms with Crippen LogP contribution >= 0.6 is 46.4 Å². The summed E-state index contributed by atoms with van der Waals surface area (Å²) in [4.78, 5) is -0.0629. The molecule has 11 heteroatoms. The fourth-order valence-corrected chi connectivity index (χ4v) is 6.48. The van der Waals surface area contributed by atoms with E-state index in [2.05, 4.69) is 5.32 Å². The fraction of sp³-hybridized carbons (Fsp3) is 0.520. The minimum Gasteiger partial charge on any atom is -0.489 e. The lowest BCUT2D eigenvalue weighted by Gasteiger charge is -2.28. The summed E-state index contributed by atoms with van der Waals surface area (Å²) in [5, 5.41) is 14.7. The van der Waals surface area contributed by atoms with Crippen LogP contribution in [0.15, 0.2) is 35.2 Å². The van der Waals surface area contributed by atoms with Crippen molar-refractivity contribution in [2.24, 2.45) is 0 Å². The zero-order valence-electron chi connectivity index (χ0n) is 21.0. The summed E-state index contributed by atoms with van der Waals surface area (Å²) in [6.45, 7) is 8.77. The first-order valence-corrected chi connectivity index (χ1v) is 14.8. The Kier molecular flexibility index (Phi) is 12.1. The number of rotatable bonds is 14. The van der Waals surface area contributed by atoms with Crippen molar-refractivity contribution in [1.82, 2.24) is 9.62 Å². The number of hydrogen-bond acceptors (Lipinski definition) is 5. The van der Waals surface area contributed by atoms with Crippen molar-refractivity contribution in [3.05, 3.63) is 56.0 Å². The summed E-state index contributed by atoms with van der Waals surface area (Å²) in [5.41, 5.74) is 0.523. The van der Waals surface area contributed by atoms with Crippen molar-refractivity contribution >= 4 is 56.4 Å². The van der Waals surface area contributed by atoms with E-state index in [-0.39, 0.29) is 39.4 Å². The molecule has 1 atom stereocenters. The molecule has 0 heterocycles. The number of nitrogens with zero attached hydrogens (tertiary/aromatic N) is 1. The van der Waals surface area contributed by atoms with Gasteiger partial charge in [0, 0.05) is 25.2 Å². The minimum atomic E-state index is -3.80. The van der Waals surface area contributed by atoms with Crippen LogP contribution in [-0.4, -0.2) is 55.7 Å². The van der Waals surface area contributed by atoms with E-state index < -0.39 is 16.1 Å². The first kappa shape index (κ1) is 31.4. The van der Waals surface area contributed by atoms with Gasteiger partial charge >= 0.3 is 0 Å². The SMILES string of the molecule is CCCN(CCC)S(=O)(=O)c1ccc(OC[C@H](O)CNC(C)(C)Cc2cccc(Cl)c2Cl)c(Cl)c1Cl. The quantitative estimate of drug-likeness (QED) is 0.260. The summed E-state index contributed by atoms with van der Waals surface area (Å²) in [5.74, 6) is 0.196. The number of ether oxygens (including phenoxy) is 1. The Hall–Kier alpha value is -0.770. The molecular weight excluding hydrogens is 566 g/mol. The Morgan fingerprint density at radius 1 is 1.00 bits per heavy atom. The number of aliphatic hydroxyl groups is 1. The van der Waals surface area contributed by atoms with Gasteiger partial charge in [-0.25, -0.2) is 8.42 Å². The lowest BCUT2D eigenvalue weighted by molar-refractivity contribution is 0.0988. The van der Waals surface area contributed by atoms with Crippen molar-refractivity contribution in [3.8, 4) is 5.75 Å². The molecule has 0 bridgehead atoms. The molecule has 0 fully saturated rings.